The third kappa shape index (κ3) is 2.19. The molecule has 2 fully saturated rings. The summed E-state index contributed by atoms with van der Waals surface area (Å²) in [7, 11) is 0. The minimum absolute atomic E-state index is 0.362. The molecule has 4 N–H and O–H groups in total. The van der Waals surface area contributed by atoms with Gasteiger partial charge in [-0.1, -0.05) is 0 Å². The zero-order valence-electron chi connectivity index (χ0n) is 7.55. The van der Waals surface area contributed by atoms with Gasteiger partial charge in [-0.2, -0.15) is 0 Å². The van der Waals surface area contributed by atoms with Crippen molar-refractivity contribution >= 4 is 0 Å². The van der Waals surface area contributed by atoms with Crippen molar-refractivity contribution in [1.82, 2.24) is 10.6 Å². The van der Waals surface area contributed by atoms with E-state index in [1.165, 1.54) is 19.3 Å². The van der Waals surface area contributed by atoms with Crippen LogP contribution in [0.25, 0.3) is 0 Å². The lowest BCUT2D eigenvalue weighted by atomic mass is 10.00. The molecule has 1 aliphatic heterocycles. The molecular weight excluding hydrogens is 150 g/mol. The first-order valence-corrected chi connectivity index (χ1v) is 5.06. The first-order valence-electron chi connectivity index (χ1n) is 5.06. The molecule has 2 unspecified atom stereocenters. The van der Waals surface area contributed by atoms with Crippen LogP contribution in [0.15, 0.2) is 0 Å². The van der Waals surface area contributed by atoms with Gasteiger partial charge in [0.25, 0.3) is 0 Å². The molecule has 2 aliphatic rings. The maximum Gasteiger partial charge on any atom is 0.0206 e. The molecule has 3 nitrogen and oxygen atoms in total. The topological polar surface area (TPSA) is 50.1 Å². The third-order valence-corrected chi connectivity index (χ3v) is 2.92. The van der Waals surface area contributed by atoms with E-state index in [0.717, 1.165) is 25.7 Å². The molecule has 0 amide bonds. The molecule has 1 saturated carbocycles. The number of rotatable bonds is 4. The Bertz CT molecular complexity index is 139. The molecule has 2 atom stereocenters. The quantitative estimate of drug-likeness (QED) is 0.540. The number of nitrogens with two attached hydrogens (primary N) is 1. The molecule has 2 rings (SSSR count). The Kier molecular flexibility index (Phi) is 2.63. The van der Waals surface area contributed by atoms with Gasteiger partial charge < -0.3 is 16.4 Å². The molecule has 0 aromatic heterocycles. The summed E-state index contributed by atoms with van der Waals surface area (Å²) < 4.78 is 0. The fourth-order valence-electron chi connectivity index (χ4n) is 1.80. The average Bonchev–Trinajstić information content (AvgIpc) is 2.74. The van der Waals surface area contributed by atoms with Crippen LogP contribution >= 0.6 is 0 Å². The summed E-state index contributed by atoms with van der Waals surface area (Å²) in [5, 5.41) is 6.83. The van der Waals surface area contributed by atoms with Crippen molar-refractivity contribution in [3.8, 4) is 0 Å². The Morgan fingerprint density at radius 1 is 1.42 bits per heavy atom. The first-order chi connectivity index (χ1) is 5.86. The van der Waals surface area contributed by atoms with E-state index in [1.54, 1.807) is 0 Å². The van der Waals surface area contributed by atoms with E-state index in [4.69, 9.17) is 5.73 Å². The second kappa shape index (κ2) is 3.73. The molecule has 12 heavy (non-hydrogen) atoms. The largest absolute Gasteiger partial charge is 0.326 e. The highest BCUT2D eigenvalue weighted by molar-refractivity contribution is 4.86. The first kappa shape index (κ1) is 8.48. The lowest BCUT2D eigenvalue weighted by Crippen LogP contribution is -2.41. The maximum atomic E-state index is 6.05. The van der Waals surface area contributed by atoms with Crippen molar-refractivity contribution in [2.24, 2.45) is 11.7 Å². The predicted molar refractivity (Wildman–Crippen MR) is 50.0 cm³/mol. The summed E-state index contributed by atoms with van der Waals surface area (Å²) in [4.78, 5) is 0. The van der Waals surface area contributed by atoms with Crippen LogP contribution < -0.4 is 16.4 Å². The van der Waals surface area contributed by atoms with Crippen LogP contribution in [0.4, 0.5) is 0 Å². The van der Waals surface area contributed by atoms with Gasteiger partial charge in [-0.25, -0.2) is 0 Å². The molecule has 3 heteroatoms. The van der Waals surface area contributed by atoms with Gasteiger partial charge in [0.2, 0.25) is 0 Å². The second-order valence-electron chi connectivity index (χ2n) is 4.10. The summed E-state index contributed by atoms with van der Waals surface area (Å²) >= 11 is 0. The van der Waals surface area contributed by atoms with Crippen molar-refractivity contribution in [1.29, 1.82) is 0 Å². The normalized spacial score (nSPS) is 32.2. The van der Waals surface area contributed by atoms with Gasteiger partial charge in [-0.05, 0) is 38.3 Å². The highest BCUT2D eigenvalue weighted by atomic mass is 15.0. The Morgan fingerprint density at radius 2 is 2.25 bits per heavy atom. The SMILES string of the molecule is NC(CNC1CC1)C1CCNC1. The summed E-state index contributed by atoms with van der Waals surface area (Å²) in [6.07, 6.45) is 3.97. The fourth-order valence-corrected chi connectivity index (χ4v) is 1.80. The zero-order chi connectivity index (χ0) is 8.39. The minimum Gasteiger partial charge on any atom is -0.326 e. The zero-order valence-corrected chi connectivity index (χ0v) is 7.55. The molecule has 70 valence electrons. The smallest absolute Gasteiger partial charge is 0.0206 e. The Balaban J connectivity index is 1.64. The summed E-state index contributed by atoms with van der Waals surface area (Å²) in [6.45, 7) is 3.28. The standard InChI is InChI=1S/C9H19N3/c10-9(6-12-8-1-2-8)7-3-4-11-5-7/h7-9,11-12H,1-6,10H2. The third-order valence-electron chi connectivity index (χ3n) is 2.92. The van der Waals surface area contributed by atoms with Gasteiger partial charge in [0.15, 0.2) is 0 Å². The number of nitrogens with one attached hydrogen (secondary N) is 2. The lowest BCUT2D eigenvalue weighted by molar-refractivity contribution is 0.427. The molecule has 1 saturated heterocycles. The van der Waals surface area contributed by atoms with Crippen molar-refractivity contribution in [3.63, 3.8) is 0 Å². The highest BCUT2D eigenvalue weighted by Crippen LogP contribution is 2.19. The molecule has 0 spiro atoms. The van der Waals surface area contributed by atoms with Crippen LogP contribution in [0.1, 0.15) is 19.3 Å². The highest BCUT2D eigenvalue weighted by Gasteiger charge is 2.25. The molecule has 0 bridgehead atoms. The van der Waals surface area contributed by atoms with Crippen LogP contribution in [-0.2, 0) is 0 Å². The van der Waals surface area contributed by atoms with E-state index in [0.29, 0.717) is 12.0 Å². The van der Waals surface area contributed by atoms with Gasteiger partial charge >= 0.3 is 0 Å². The Hall–Kier alpha value is -0.120. The lowest BCUT2D eigenvalue weighted by Gasteiger charge is -2.18. The van der Waals surface area contributed by atoms with Gasteiger partial charge in [-0.3, -0.25) is 0 Å². The van der Waals surface area contributed by atoms with Gasteiger partial charge in [0, 0.05) is 18.6 Å². The maximum absolute atomic E-state index is 6.05. The molecule has 0 aromatic rings. The van der Waals surface area contributed by atoms with Gasteiger partial charge in [0.1, 0.15) is 0 Å². The monoisotopic (exact) mass is 169 g/mol. The molecule has 1 aliphatic carbocycles. The number of hydrogen-bond acceptors (Lipinski definition) is 3. The second-order valence-corrected chi connectivity index (χ2v) is 4.10. The van der Waals surface area contributed by atoms with Crippen LogP contribution in [0, 0.1) is 5.92 Å². The van der Waals surface area contributed by atoms with E-state index in [2.05, 4.69) is 10.6 Å². The van der Waals surface area contributed by atoms with Crippen LogP contribution in [0.3, 0.4) is 0 Å². The minimum atomic E-state index is 0.362. The Morgan fingerprint density at radius 3 is 2.83 bits per heavy atom. The van der Waals surface area contributed by atoms with Crippen LogP contribution in [0.2, 0.25) is 0 Å². The van der Waals surface area contributed by atoms with E-state index >= 15 is 0 Å². The van der Waals surface area contributed by atoms with E-state index in [9.17, 15) is 0 Å². The van der Waals surface area contributed by atoms with Gasteiger partial charge in [0.05, 0.1) is 0 Å². The summed E-state index contributed by atoms with van der Waals surface area (Å²) in [6, 6.07) is 1.16. The van der Waals surface area contributed by atoms with E-state index in [1.807, 2.05) is 0 Å². The van der Waals surface area contributed by atoms with Crippen LogP contribution in [0.5, 0.6) is 0 Å². The van der Waals surface area contributed by atoms with Crippen molar-refractivity contribution in [2.75, 3.05) is 19.6 Å². The van der Waals surface area contributed by atoms with E-state index in [-0.39, 0.29) is 0 Å². The molecule has 0 aromatic carbocycles. The van der Waals surface area contributed by atoms with Crippen molar-refractivity contribution < 1.29 is 0 Å². The molecular formula is C9H19N3. The van der Waals surface area contributed by atoms with Gasteiger partial charge in [-0.15, -0.1) is 0 Å². The number of hydrogen-bond donors (Lipinski definition) is 3. The van der Waals surface area contributed by atoms with Crippen molar-refractivity contribution in [3.05, 3.63) is 0 Å². The summed E-state index contributed by atoms with van der Waals surface area (Å²) in [5.74, 6) is 0.705. The predicted octanol–water partition coefficient (Wildman–Crippen LogP) is -0.325. The van der Waals surface area contributed by atoms with E-state index < -0.39 is 0 Å². The fraction of sp³-hybridized carbons (Fsp3) is 1.00. The Labute approximate surface area is 74.1 Å². The van der Waals surface area contributed by atoms with Crippen molar-refractivity contribution in [2.45, 2.75) is 31.3 Å². The summed E-state index contributed by atoms with van der Waals surface area (Å²) in [5.41, 5.74) is 6.05. The van der Waals surface area contributed by atoms with Crippen LogP contribution in [-0.4, -0.2) is 31.7 Å². The molecule has 1 heterocycles. The molecule has 0 radical (unpaired) electrons. The average molecular weight is 169 g/mol.